The molecule has 0 saturated carbocycles. The minimum atomic E-state index is -0.310. The summed E-state index contributed by atoms with van der Waals surface area (Å²) >= 11 is 0. The first kappa shape index (κ1) is 11.3. The zero-order valence-electron chi connectivity index (χ0n) is 9.12. The molecule has 0 unspecified atom stereocenters. The zero-order valence-corrected chi connectivity index (χ0v) is 9.12. The number of rotatable bonds is 4. The van der Waals surface area contributed by atoms with E-state index in [-0.39, 0.29) is 24.9 Å². The number of amides is 1. The van der Waals surface area contributed by atoms with Crippen LogP contribution in [0.2, 0.25) is 0 Å². The molecule has 8 nitrogen and oxygen atoms in total. The van der Waals surface area contributed by atoms with Crippen LogP contribution < -0.4 is 5.32 Å². The summed E-state index contributed by atoms with van der Waals surface area (Å²) in [5.74, 6) is -0.0227. The Balaban J connectivity index is 1.93. The minimum Gasteiger partial charge on any atom is -0.390 e. The lowest BCUT2D eigenvalue weighted by molar-refractivity contribution is -0.117. The first-order valence-corrected chi connectivity index (χ1v) is 4.90. The van der Waals surface area contributed by atoms with E-state index in [2.05, 4.69) is 20.8 Å². The first-order valence-electron chi connectivity index (χ1n) is 4.90. The number of nitrogens with one attached hydrogen (secondary N) is 1. The summed E-state index contributed by atoms with van der Waals surface area (Å²) in [6.45, 7) is 1.54. The molecule has 0 fully saturated rings. The fourth-order valence-electron chi connectivity index (χ4n) is 1.23. The van der Waals surface area contributed by atoms with Gasteiger partial charge in [0.25, 0.3) is 0 Å². The smallest absolute Gasteiger partial charge is 0.248 e. The molecule has 0 aliphatic carbocycles. The number of aryl methyl sites for hydroxylation is 1. The zero-order chi connectivity index (χ0) is 12.3. The SMILES string of the molecule is Cc1cc(NC(=O)Cn2cc(CO)nn2)on1. The van der Waals surface area contributed by atoms with Crippen molar-refractivity contribution in [2.45, 2.75) is 20.1 Å². The number of carbonyl (C=O) groups excluding carboxylic acids is 1. The first-order chi connectivity index (χ1) is 8.17. The van der Waals surface area contributed by atoms with Gasteiger partial charge in [0.15, 0.2) is 0 Å². The van der Waals surface area contributed by atoms with E-state index in [1.165, 1.54) is 10.9 Å². The standard InChI is InChI=1S/C9H11N5O3/c1-6-2-9(17-12-6)10-8(16)4-14-3-7(5-15)11-13-14/h2-3,15H,4-5H2,1H3,(H,10,16). The topological polar surface area (TPSA) is 106 Å². The second-order valence-corrected chi connectivity index (χ2v) is 3.45. The van der Waals surface area contributed by atoms with E-state index in [1.807, 2.05) is 0 Å². The number of aliphatic hydroxyl groups excluding tert-OH is 1. The summed E-state index contributed by atoms with van der Waals surface area (Å²) < 4.78 is 6.16. The lowest BCUT2D eigenvalue weighted by Gasteiger charge is -1.99. The van der Waals surface area contributed by atoms with Gasteiger partial charge in [0.2, 0.25) is 11.8 Å². The summed E-state index contributed by atoms with van der Waals surface area (Å²) in [7, 11) is 0. The third kappa shape index (κ3) is 2.88. The van der Waals surface area contributed by atoms with Crippen LogP contribution >= 0.6 is 0 Å². The van der Waals surface area contributed by atoms with Crippen molar-refractivity contribution in [1.29, 1.82) is 0 Å². The predicted octanol–water partition coefficient (Wildman–Crippen LogP) is -0.294. The van der Waals surface area contributed by atoms with Crippen LogP contribution in [0, 0.1) is 6.92 Å². The van der Waals surface area contributed by atoms with E-state index in [1.54, 1.807) is 13.0 Å². The number of anilines is 1. The van der Waals surface area contributed by atoms with Crippen molar-refractivity contribution in [2.24, 2.45) is 0 Å². The van der Waals surface area contributed by atoms with Crippen LogP contribution in [0.4, 0.5) is 5.88 Å². The van der Waals surface area contributed by atoms with Gasteiger partial charge in [0.05, 0.1) is 18.5 Å². The second kappa shape index (κ2) is 4.74. The van der Waals surface area contributed by atoms with Gasteiger partial charge < -0.3 is 9.63 Å². The lowest BCUT2D eigenvalue weighted by atomic mass is 10.4. The van der Waals surface area contributed by atoms with Crippen LogP contribution in [0.15, 0.2) is 16.8 Å². The quantitative estimate of drug-likeness (QED) is 0.756. The highest BCUT2D eigenvalue weighted by molar-refractivity contribution is 5.89. The maximum atomic E-state index is 11.5. The molecule has 0 saturated heterocycles. The molecule has 2 N–H and O–H groups in total. The molecule has 0 spiro atoms. The molecular weight excluding hydrogens is 226 g/mol. The molecule has 0 radical (unpaired) electrons. The van der Waals surface area contributed by atoms with Crippen LogP contribution in [0.5, 0.6) is 0 Å². The summed E-state index contributed by atoms with van der Waals surface area (Å²) in [4.78, 5) is 11.5. The number of hydrogen-bond acceptors (Lipinski definition) is 6. The molecule has 17 heavy (non-hydrogen) atoms. The van der Waals surface area contributed by atoms with Gasteiger partial charge in [-0.1, -0.05) is 10.4 Å². The van der Waals surface area contributed by atoms with Crippen LogP contribution in [0.25, 0.3) is 0 Å². The van der Waals surface area contributed by atoms with Crippen LogP contribution in [0.3, 0.4) is 0 Å². The van der Waals surface area contributed by atoms with Gasteiger partial charge in [-0.25, -0.2) is 4.68 Å². The molecule has 2 heterocycles. The molecule has 0 bridgehead atoms. The molecule has 1 amide bonds. The highest BCUT2D eigenvalue weighted by atomic mass is 16.5. The number of aromatic nitrogens is 4. The molecule has 2 aromatic heterocycles. The third-order valence-electron chi connectivity index (χ3n) is 1.94. The molecule has 90 valence electrons. The fraction of sp³-hybridized carbons (Fsp3) is 0.333. The molecule has 2 rings (SSSR count). The van der Waals surface area contributed by atoms with Gasteiger partial charge in [-0.2, -0.15) is 0 Å². The van der Waals surface area contributed by atoms with Crippen molar-refractivity contribution < 1.29 is 14.4 Å². The van der Waals surface area contributed by atoms with E-state index in [0.29, 0.717) is 11.4 Å². The Kier molecular flexibility index (Phi) is 3.15. The number of aliphatic hydroxyl groups is 1. The van der Waals surface area contributed by atoms with Gasteiger partial charge in [-0.3, -0.25) is 10.1 Å². The van der Waals surface area contributed by atoms with E-state index in [9.17, 15) is 4.79 Å². The Morgan fingerprint density at radius 1 is 1.65 bits per heavy atom. The normalized spacial score (nSPS) is 10.5. The van der Waals surface area contributed by atoms with E-state index < -0.39 is 0 Å². The number of hydrogen-bond donors (Lipinski definition) is 2. The van der Waals surface area contributed by atoms with Crippen molar-refractivity contribution in [2.75, 3.05) is 5.32 Å². The molecule has 0 aliphatic heterocycles. The van der Waals surface area contributed by atoms with Crippen molar-refractivity contribution in [3.8, 4) is 0 Å². The van der Waals surface area contributed by atoms with Crippen LogP contribution in [-0.2, 0) is 17.9 Å². The summed E-state index contributed by atoms with van der Waals surface area (Å²) in [6, 6.07) is 1.61. The van der Waals surface area contributed by atoms with Crippen molar-refractivity contribution in [3.05, 3.63) is 23.7 Å². The highest BCUT2D eigenvalue weighted by Gasteiger charge is 2.08. The summed E-state index contributed by atoms with van der Waals surface area (Å²) in [6.07, 6.45) is 1.49. The highest BCUT2D eigenvalue weighted by Crippen LogP contribution is 2.08. The molecule has 2 aromatic rings. The maximum Gasteiger partial charge on any atom is 0.248 e. The summed E-state index contributed by atoms with van der Waals surface area (Å²) in [5.41, 5.74) is 1.09. The molecular formula is C9H11N5O3. The van der Waals surface area contributed by atoms with Gasteiger partial charge in [0.1, 0.15) is 12.2 Å². The number of nitrogens with zero attached hydrogens (tertiary/aromatic N) is 4. The Morgan fingerprint density at radius 2 is 2.47 bits per heavy atom. The Morgan fingerprint density at radius 3 is 3.06 bits per heavy atom. The van der Waals surface area contributed by atoms with Crippen molar-refractivity contribution in [1.82, 2.24) is 20.2 Å². The molecule has 0 aliphatic rings. The lowest BCUT2D eigenvalue weighted by Crippen LogP contribution is -2.18. The molecule has 0 aromatic carbocycles. The van der Waals surface area contributed by atoms with Gasteiger partial charge in [-0.05, 0) is 6.92 Å². The predicted molar refractivity (Wildman–Crippen MR) is 55.8 cm³/mol. The van der Waals surface area contributed by atoms with Crippen LogP contribution in [0.1, 0.15) is 11.4 Å². The number of carbonyl (C=O) groups is 1. The van der Waals surface area contributed by atoms with Gasteiger partial charge in [0, 0.05) is 6.07 Å². The van der Waals surface area contributed by atoms with E-state index in [4.69, 9.17) is 9.63 Å². The molecule has 8 heteroatoms. The van der Waals surface area contributed by atoms with E-state index >= 15 is 0 Å². The second-order valence-electron chi connectivity index (χ2n) is 3.45. The molecule has 0 atom stereocenters. The van der Waals surface area contributed by atoms with Gasteiger partial charge >= 0.3 is 0 Å². The minimum absolute atomic E-state index is 0.00719. The Labute approximate surface area is 96.2 Å². The maximum absolute atomic E-state index is 11.5. The average Bonchev–Trinajstić information content (AvgIpc) is 2.88. The van der Waals surface area contributed by atoms with Crippen molar-refractivity contribution in [3.63, 3.8) is 0 Å². The Hall–Kier alpha value is -2.22. The average molecular weight is 237 g/mol. The third-order valence-corrected chi connectivity index (χ3v) is 1.94. The monoisotopic (exact) mass is 237 g/mol. The largest absolute Gasteiger partial charge is 0.390 e. The van der Waals surface area contributed by atoms with E-state index in [0.717, 1.165) is 0 Å². The van der Waals surface area contributed by atoms with Crippen molar-refractivity contribution >= 4 is 11.8 Å². The fourth-order valence-corrected chi connectivity index (χ4v) is 1.23. The van der Waals surface area contributed by atoms with Crippen LogP contribution in [-0.4, -0.2) is 31.2 Å². The Bertz CT molecular complexity index is 518. The van der Waals surface area contributed by atoms with Gasteiger partial charge in [-0.15, -0.1) is 5.10 Å². The summed E-state index contributed by atoms with van der Waals surface area (Å²) in [5, 5.41) is 22.3.